The van der Waals surface area contributed by atoms with Crippen LogP contribution in [0.1, 0.15) is 42.3 Å². The molecular weight excluding hydrogens is 346 g/mol. The fourth-order valence-electron chi connectivity index (χ4n) is 2.95. The lowest BCUT2D eigenvalue weighted by Crippen LogP contribution is -2.54. The van der Waals surface area contributed by atoms with E-state index in [1.807, 2.05) is 56.3 Å². The Balaban J connectivity index is 1.58. The number of benzene rings is 2. The van der Waals surface area contributed by atoms with Gasteiger partial charge < -0.3 is 14.3 Å². The maximum absolute atomic E-state index is 12.7. The predicted octanol–water partition coefficient (Wildman–Crippen LogP) is 3.05. The van der Waals surface area contributed by atoms with E-state index in [2.05, 4.69) is 17.5 Å². The smallest absolute Gasteiger partial charge is 0.269 e. The normalized spacial score (nSPS) is 16.7. The highest BCUT2D eigenvalue weighted by Crippen LogP contribution is 2.34. The summed E-state index contributed by atoms with van der Waals surface area (Å²) in [7, 11) is 0. The summed E-state index contributed by atoms with van der Waals surface area (Å²) in [6, 6.07) is 13.0. The minimum Gasteiger partial charge on any atom is -0.454 e. The van der Waals surface area contributed by atoms with Crippen molar-refractivity contribution in [2.75, 3.05) is 6.79 Å². The summed E-state index contributed by atoms with van der Waals surface area (Å²) in [5.41, 5.74) is 4.58. The Bertz CT molecular complexity index is 906. The summed E-state index contributed by atoms with van der Waals surface area (Å²) in [4.78, 5) is 18.3. The molecule has 0 radical (unpaired) electrons. The molecule has 140 valence electrons. The van der Waals surface area contributed by atoms with Gasteiger partial charge in [0.05, 0.1) is 0 Å². The number of fused-ring (bicyclic) bond motifs is 1. The molecule has 0 atom stereocenters. The van der Waals surface area contributed by atoms with E-state index < -0.39 is 5.72 Å². The SMILES string of the molecule is CCc1ccc(C(=O)NN2C(c3ccc4c(c3)OCO4)=NOC2(C)C)cc1. The Kier molecular flexibility index (Phi) is 4.14. The molecule has 0 bridgehead atoms. The van der Waals surface area contributed by atoms with Crippen LogP contribution in [0.15, 0.2) is 47.6 Å². The molecule has 0 aromatic heterocycles. The van der Waals surface area contributed by atoms with Crippen molar-refractivity contribution in [2.45, 2.75) is 32.9 Å². The quantitative estimate of drug-likeness (QED) is 0.899. The van der Waals surface area contributed by atoms with Crippen LogP contribution < -0.4 is 14.9 Å². The number of nitrogens with zero attached hydrogens (tertiary/aromatic N) is 2. The highest BCUT2D eigenvalue weighted by molar-refractivity contribution is 6.02. The largest absolute Gasteiger partial charge is 0.454 e. The maximum Gasteiger partial charge on any atom is 0.269 e. The molecule has 0 saturated heterocycles. The molecule has 0 aliphatic carbocycles. The van der Waals surface area contributed by atoms with E-state index in [1.165, 1.54) is 5.56 Å². The second-order valence-corrected chi connectivity index (χ2v) is 6.85. The van der Waals surface area contributed by atoms with Gasteiger partial charge >= 0.3 is 0 Å². The predicted molar refractivity (Wildman–Crippen MR) is 99.4 cm³/mol. The van der Waals surface area contributed by atoms with E-state index in [0.717, 1.165) is 12.0 Å². The average Bonchev–Trinajstić information content (AvgIpc) is 3.25. The van der Waals surface area contributed by atoms with Crippen molar-refractivity contribution >= 4 is 11.7 Å². The lowest BCUT2D eigenvalue weighted by molar-refractivity contribution is -0.0824. The van der Waals surface area contributed by atoms with Gasteiger partial charge in [0.2, 0.25) is 12.5 Å². The number of carbonyl (C=O) groups excluding carboxylic acids is 1. The van der Waals surface area contributed by atoms with Crippen LogP contribution in [0, 0.1) is 0 Å². The van der Waals surface area contributed by atoms with Crippen LogP contribution in [0.4, 0.5) is 0 Å². The Hall–Kier alpha value is -3.22. The fraction of sp³-hybridized carbons (Fsp3) is 0.300. The maximum atomic E-state index is 12.7. The summed E-state index contributed by atoms with van der Waals surface area (Å²) in [6.07, 6.45) is 0.926. The number of hydrogen-bond acceptors (Lipinski definition) is 6. The second-order valence-electron chi connectivity index (χ2n) is 6.85. The molecule has 2 aromatic carbocycles. The van der Waals surface area contributed by atoms with Crippen LogP contribution in [-0.2, 0) is 11.3 Å². The first-order chi connectivity index (χ1) is 13.0. The van der Waals surface area contributed by atoms with Crippen molar-refractivity contribution in [3.63, 3.8) is 0 Å². The van der Waals surface area contributed by atoms with Crippen LogP contribution in [0.5, 0.6) is 11.5 Å². The first-order valence-electron chi connectivity index (χ1n) is 8.84. The number of amides is 1. The zero-order valence-electron chi connectivity index (χ0n) is 15.5. The van der Waals surface area contributed by atoms with Gasteiger partial charge in [0, 0.05) is 11.1 Å². The minimum atomic E-state index is -0.829. The zero-order valence-corrected chi connectivity index (χ0v) is 15.5. The number of amidine groups is 1. The van der Waals surface area contributed by atoms with Gasteiger partial charge in [0.15, 0.2) is 17.3 Å². The summed E-state index contributed by atoms with van der Waals surface area (Å²) in [5.74, 6) is 1.59. The summed E-state index contributed by atoms with van der Waals surface area (Å²) < 4.78 is 10.8. The first kappa shape index (κ1) is 17.2. The highest BCUT2D eigenvalue weighted by Gasteiger charge is 2.40. The van der Waals surface area contributed by atoms with E-state index in [0.29, 0.717) is 22.9 Å². The van der Waals surface area contributed by atoms with Gasteiger partial charge in [-0.1, -0.05) is 24.2 Å². The second kappa shape index (κ2) is 6.50. The Morgan fingerprint density at radius 2 is 1.89 bits per heavy atom. The Morgan fingerprint density at radius 3 is 2.63 bits per heavy atom. The number of aryl methyl sites for hydroxylation is 1. The third-order valence-corrected chi connectivity index (χ3v) is 4.57. The summed E-state index contributed by atoms with van der Waals surface area (Å²) >= 11 is 0. The van der Waals surface area contributed by atoms with Crippen molar-refractivity contribution in [2.24, 2.45) is 5.16 Å². The van der Waals surface area contributed by atoms with Gasteiger partial charge in [-0.05, 0) is 56.2 Å². The van der Waals surface area contributed by atoms with Crippen LogP contribution >= 0.6 is 0 Å². The molecule has 1 amide bonds. The standard InChI is InChI=1S/C20H21N3O4/c1-4-13-5-7-14(8-6-13)19(24)21-23-18(22-27-20(23,2)3)15-9-10-16-17(11-15)26-12-25-16/h5-11H,4,12H2,1-3H3,(H,21,24). The van der Waals surface area contributed by atoms with Crippen molar-refractivity contribution in [3.8, 4) is 11.5 Å². The van der Waals surface area contributed by atoms with Crippen LogP contribution in [0.25, 0.3) is 0 Å². The Morgan fingerprint density at radius 1 is 1.15 bits per heavy atom. The average molecular weight is 367 g/mol. The van der Waals surface area contributed by atoms with Gasteiger partial charge in [-0.15, -0.1) is 0 Å². The first-order valence-corrected chi connectivity index (χ1v) is 8.84. The van der Waals surface area contributed by atoms with Crippen molar-refractivity contribution in [1.29, 1.82) is 0 Å². The zero-order chi connectivity index (χ0) is 19.0. The topological polar surface area (TPSA) is 72.4 Å². The molecule has 0 fully saturated rings. The summed E-state index contributed by atoms with van der Waals surface area (Å²) in [5, 5.41) is 5.80. The van der Waals surface area contributed by atoms with E-state index in [1.54, 1.807) is 5.01 Å². The van der Waals surface area contributed by atoms with Gasteiger partial charge in [0.1, 0.15) is 0 Å². The third kappa shape index (κ3) is 3.16. The van der Waals surface area contributed by atoms with Gasteiger partial charge in [-0.2, -0.15) is 0 Å². The molecule has 2 heterocycles. The molecule has 2 aliphatic rings. The number of oxime groups is 1. The number of carbonyl (C=O) groups is 1. The van der Waals surface area contributed by atoms with Crippen LogP contribution in [0.2, 0.25) is 0 Å². The molecule has 7 heteroatoms. The Labute approximate surface area is 157 Å². The van der Waals surface area contributed by atoms with Crippen molar-refractivity contribution in [1.82, 2.24) is 10.4 Å². The summed E-state index contributed by atoms with van der Waals surface area (Å²) in [6.45, 7) is 5.93. The van der Waals surface area contributed by atoms with Crippen molar-refractivity contribution < 1.29 is 19.1 Å². The third-order valence-electron chi connectivity index (χ3n) is 4.57. The molecule has 7 nitrogen and oxygen atoms in total. The number of nitrogens with one attached hydrogen (secondary N) is 1. The lowest BCUT2D eigenvalue weighted by Gasteiger charge is -2.31. The lowest BCUT2D eigenvalue weighted by atomic mass is 10.1. The van der Waals surface area contributed by atoms with Gasteiger partial charge in [-0.25, -0.2) is 5.01 Å². The molecule has 27 heavy (non-hydrogen) atoms. The molecule has 2 aliphatic heterocycles. The molecule has 2 aromatic rings. The number of hydrazine groups is 1. The highest BCUT2D eigenvalue weighted by atomic mass is 16.7. The van der Waals surface area contributed by atoms with Crippen LogP contribution in [-0.4, -0.2) is 29.3 Å². The molecular formula is C20H21N3O4. The molecule has 1 N–H and O–H groups in total. The van der Waals surface area contributed by atoms with E-state index >= 15 is 0 Å². The number of rotatable bonds is 4. The van der Waals surface area contributed by atoms with Crippen LogP contribution in [0.3, 0.4) is 0 Å². The number of hydrogen-bond donors (Lipinski definition) is 1. The number of ether oxygens (including phenoxy) is 2. The monoisotopic (exact) mass is 367 g/mol. The molecule has 0 spiro atoms. The van der Waals surface area contributed by atoms with Gasteiger partial charge in [-0.3, -0.25) is 10.2 Å². The van der Waals surface area contributed by atoms with E-state index in [4.69, 9.17) is 14.3 Å². The van der Waals surface area contributed by atoms with E-state index in [-0.39, 0.29) is 12.7 Å². The van der Waals surface area contributed by atoms with Gasteiger partial charge in [0.25, 0.3) is 5.91 Å². The molecule has 0 unspecified atom stereocenters. The minimum absolute atomic E-state index is 0.196. The van der Waals surface area contributed by atoms with E-state index in [9.17, 15) is 4.79 Å². The fourth-order valence-corrected chi connectivity index (χ4v) is 2.95. The molecule has 4 rings (SSSR count). The molecule has 0 saturated carbocycles. The van der Waals surface area contributed by atoms with Crippen molar-refractivity contribution in [3.05, 3.63) is 59.2 Å².